The van der Waals surface area contributed by atoms with Crippen molar-refractivity contribution in [3.05, 3.63) is 93.6 Å². The second-order valence-electron chi connectivity index (χ2n) is 7.86. The van der Waals surface area contributed by atoms with Crippen LogP contribution in [-0.2, 0) is 24.4 Å². The fourth-order valence-electron chi connectivity index (χ4n) is 3.81. The summed E-state index contributed by atoms with van der Waals surface area (Å²) in [5, 5.41) is 14.9. The predicted octanol–water partition coefficient (Wildman–Crippen LogP) is 5.85. The number of carboxylic acid groups (broad SMARTS) is 1. The topological polar surface area (TPSA) is 83.6 Å². The molecule has 0 aliphatic carbocycles. The van der Waals surface area contributed by atoms with Gasteiger partial charge < -0.3 is 24.9 Å². The van der Waals surface area contributed by atoms with Gasteiger partial charge in [-0.25, -0.2) is 0 Å². The maximum Gasteiger partial charge on any atom is 0.321 e. The summed E-state index contributed by atoms with van der Waals surface area (Å²) in [6, 6.07) is 18.0. The molecule has 1 heterocycles. The smallest absolute Gasteiger partial charge is 0.321 e. The van der Waals surface area contributed by atoms with E-state index in [0.717, 1.165) is 27.6 Å². The highest BCUT2D eigenvalue weighted by molar-refractivity contribution is 6.32. The van der Waals surface area contributed by atoms with Crippen LogP contribution in [0.25, 0.3) is 10.9 Å². The average Bonchev–Trinajstić information content (AvgIpc) is 3.23. The minimum atomic E-state index is -0.926. The first kappa shape index (κ1) is 24.0. The maximum absolute atomic E-state index is 11.9. The van der Waals surface area contributed by atoms with E-state index >= 15 is 0 Å². The Morgan fingerprint density at radius 1 is 1.09 bits per heavy atom. The summed E-state index contributed by atoms with van der Waals surface area (Å²) in [5.41, 5.74) is 3.60. The van der Waals surface area contributed by atoms with Crippen LogP contribution in [0.2, 0.25) is 10.0 Å². The van der Waals surface area contributed by atoms with Gasteiger partial charge in [-0.3, -0.25) is 4.79 Å². The number of hydrogen-bond acceptors (Lipinski definition) is 4. The third kappa shape index (κ3) is 5.65. The Morgan fingerprint density at radius 3 is 2.68 bits per heavy atom. The van der Waals surface area contributed by atoms with Crippen molar-refractivity contribution in [2.45, 2.75) is 25.6 Å². The molecule has 0 spiro atoms. The minimum absolute atomic E-state index is 0.278. The molecule has 0 saturated heterocycles. The Labute approximate surface area is 207 Å². The summed E-state index contributed by atoms with van der Waals surface area (Å²) in [4.78, 5) is 15.1. The van der Waals surface area contributed by atoms with Crippen molar-refractivity contribution in [1.82, 2.24) is 10.3 Å². The standard InChI is InChI=1S/C26H24Cl2N2O4/c1-33-24-11-17(10-21(28)25(24)34-15-16-5-4-6-19(27)9-16)13-29-23(26(31)32)12-18-14-30-22-8-3-2-7-20(18)22/h2-11,14,23,29-30H,12-13,15H2,1H3,(H,31,32)/t23-/m1/s1. The first-order valence-electron chi connectivity index (χ1n) is 10.7. The van der Waals surface area contributed by atoms with Gasteiger partial charge in [0.25, 0.3) is 0 Å². The first-order valence-corrected chi connectivity index (χ1v) is 11.4. The summed E-state index contributed by atoms with van der Waals surface area (Å²) in [7, 11) is 1.53. The van der Waals surface area contributed by atoms with Crippen molar-refractivity contribution >= 4 is 40.1 Å². The number of methoxy groups -OCH3 is 1. The van der Waals surface area contributed by atoms with E-state index < -0.39 is 12.0 Å². The third-order valence-corrected chi connectivity index (χ3v) is 6.03. The maximum atomic E-state index is 11.9. The molecule has 34 heavy (non-hydrogen) atoms. The van der Waals surface area contributed by atoms with Gasteiger partial charge in [0.1, 0.15) is 12.6 Å². The highest BCUT2D eigenvalue weighted by Crippen LogP contribution is 2.37. The molecule has 4 rings (SSSR count). The quantitative estimate of drug-likeness (QED) is 0.255. The molecule has 6 nitrogen and oxygen atoms in total. The number of carboxylic acids is 1. The van der Waals surface area contributed by atoms with E-state index in [1.807, 2.05) is 48.7 Å². The summed E-state index contributed by atoms with van der Waals surface area (Å²) in [6.07, 6.45) is 2.19. The van der Waals surface area contributed by atoms with Crippen LogP contribution in [0.1, 0.15) is 16.7 Å². The third-order valence-electron chi connectivity index (χ3n) is 5.51. The molecule has 0 amide bonds. The Morgan fingerprint density at radius 2 is 1.91 bits per heavy atom. The van der Waals surface area contributed by atoms with E-state index in [4.69, 9.17) is 32.7 Å². The summed E-state index contributed by atoms with van der Waals surface area (Å²) in [5.74, 6) is -0.0406. The predicted molar refractivity (Wildman–Crippen MR) is 134 cm³/mol. The van der Waals surface area contributed by atoms with E-state index in [1.54, 1.807) is 18.2 Å². The number of rotatable bonds is 10. The van der Waals surface area contributed by atoms with Crippen molar-refractivity contribution in [2.75, 3.05) is 7.11 Å². The van der Waals surface area contributed by atoms with Crippen molar-refractivity contribution in [3.8, 4) is 11.5 Å². The number of aliphatic carboxylic acids is 1. The van der Waals surface area contributed by atoms with Gasteiger partial charge in [-0.1, -0.05) is 53.5 Å². The lowest BCUT2D eigenvalue weighted by Gasteiger charge is -2.17. The molecule has 1 atom stereocenters. The minimum Gasteiger partial charge on any atom is -0.493 e. The molecule has 1 aromatic heterocycles. The van der Waals surface area contributed by atoms with Gasteiger partial charge in [0.05, 0.1) is 12.1 Å². The first-order chi connectivity index (χ1) is 16.4. The molecule has 0 radical (unpaired) electrons. The molecule has 3 N–H and O–H groups in total. The molecule has 0 aliphatic heterocycles. The second-order valence-corrected chi connectivity index (χ2v) is 8.71. The van der Waals surface area contributed by atoms with Crippen LogP contribution in [0, 0.1) is 0 Å². The molecule has 176 valence electrons. The number of fused-ring (bicyclic) bond motifs is 1. The monoisotopic (exact) mass is 498 g/mol. The molecule has 4 aromatic rings. The lowest BCUT2D eigenvalue weighted by molar-refractivity contribution is -0.139. The van der Waals surface area contributed by atoms with Gasteiger partial charge in [-0.15, -0.1) is 0 Å². The molecular formula is C26H24Cl2N2O4. The van der Waals surface area contributed by atoms with Gasteiger partial charge in [0.2, 0.25) is 0 Å². The number of aromatic nitrogens is 1. The molecule has 0 saturated carbocycles. The van der Waals surface area contributed by atoms with Gasteiger partial charge in [-0.2, -0.15) is 0 Å². The highest BCUT2D eigenvalue weighted by Gasteiger charge is 2.20. The van der Waals surface area contributed by atoms with E-state index in [-0.39, 0.29) is 6.61 Å². The number of hydrogen-bond donors (Lipinski definition) is 3. The number of carbonyl (C=O) groups is 1. The SMILES string of the molecule is COc1cc(CN[C@H](Cc2c[nH]c3ccccc23)C(=O)O)cc(Cl)c1OCc1cccc(Cl)c1. The molecule has 3 aromatic carbocycles. The van der Waals surface area contributed by atoms with E-state index in [9.17, 15) is 9.90 Å². The van der Waals surface area contributed by atoms with Crippen LogP contribution in [0.4, 0.5) is 0 Å². The van der Waals surface area contributed by atoms with Crippen LogP contribution in [0.5, 0.6) is 11.5 Å². The Bertz CT molecular complexity index is 1310. The molecule has 0 bridgehead atoms. The zero-order valence-electron chi connectivity index (χ0n) is 18.5. The van der Waals surface area contributed by atoms with Gasteiger partial charge in [0.15, 0.2) is 11.5 Å². The summed E-state index contributed by atoms with van der Waals surface area (Å²) in [6.45, 7) is 0.573. The Kier molecular flexibility index (Phi) is 7.63. The van der Waals surface area contributed by atoms with Gasteiger partial charge in [-0.05, 0) is 47.0 Å². The Hall–Kier alpha value is -3.19. The largest absolute Gasteiger partial charge is 0.493 e. The second kappa shape index (κ2) is 10.8. The van der Waals surface area contributed by atoms with E-state index in [1.165, 1.54) is 7.11 Å². The van der Waals surface area contributed by atoms with Gasteiger partial charge >= 0.3 is 5.97 Å². The summed E-state index contributed by atoms with van der Waals surface area (Å²) >= 11 is 12.5. The van der Waals surface area contributed by atoms with Crippen molar-refractivity contribution in [1.29, 1.82) is 0 Å². The van der Waals surface area contributed by atoms with Crippen LogP contribution in [0.3, 0.4) is 0 Å². The molecule has 0 aliphatic rings. The Balaban J connectivity index is 1.45. The zero-order chi connectivity index (χ0) is 24.1. The van der Waals surface area contributed by atoms with Crippen LogP contribution < -0.4 is 14.8 Å². The van der Waals surface area contributed by atoms with Crippen molar-refractivity contribution in [3.63, 3.8) is 0 Å². The van der Waals surface area contributed by atoms with Crippen LogP contribution >= 0.6 is 23.2 Å². The van der Waals surface area contributed by atoms with Crippen LogP contribution in [-0.4, -0.2) is 29.2 Å². The number of ether oxygens (including phenoxy) is 2. The fraction of sp³-hybridized carbons (Fsp3) is 0.192. The number of aromatic amines is 1. The average molecular weight is 499 g/mol. The number of benzene rings is 3. The molecule has 0 fully saturated rings. The van der Waals surface area contributed by atoms with Crippen molar-refractivity contribution in [2.24, 2.45) is 0 Å². The molecule has 0 unspecified atom stereocenters. The molecular weight excluding hydrogens is 475 g/mol. The lowest BCUT2D eigenvalue weighted by atomic mass is 10.0. The van der Waals surface area contributed by atoms with Crippen LogP contribution in [0.15, 0.2) is 66.9 Å². The number of H-pyrrole nitrogens is 1. The molecule has 8 heteroatoms. The van der Waals surface area contributed by atoms with Crippen molar-refractivity contribution < 1.29 is 19.4 Å². The fourth-order valence-corrected chi connectivity index (χ4v) is 4.31. The number of para-hydroxylation sites is 1. The normalized spacial score (nSPS) is 12.0. The zero-order valence-corrected chi connectivity index (χ0v) is 20.0. The lowest BCUT2D eigenvalue weighted by Crippen LogP contribution is -2.38. The number of halogens is 2. The number of nitrogens with one attached hydrogen (secondary N) is 2. The van der Waals surface area contributed by atoms with E-state index in [0.29, 0.717) is 34.5 Å². The highest BCUT2D eigenvalue weighted by atomic mass is 35.5. The van der Waals surface area contributed by atoms with Gasteiger partial charge in [0, 0.05) is 35.1 Å². The summed E-state index contributed by atoms with van der Waals surface area (Å²) < 4.78 is 11.4. The van der Waals surface area contributed by atoms with E-state index in [2.05, 4.69) is 10.3 Å².